The third-order valence-electron chi connectivity index (χ3n) is 7.25. The molecule has 184 valence electrons. The number of benzene rings is 2. The summed E-state index contributed by atoms with van der Waals surface area (Å²) in [7, 11) is -2.05. The number of carbonyl (C=O) groups excluding carboxylic acids is 1. The van der Waals surface area contributed by atoms with E-state index >= 15 is 0 Å². The van der Waals surface area contributed by atoms with Crippen molar-refractivity contribution >= 4 is 26.8 Å². The lowest BCUT2D eigenvalue weighted by Gasteiger charge is -2.34. The third-order valence-corrected chi connectivity index (χ3v) is 9.18. The summed E-state index contributed by atoms with van der Waals surface area (Å²) in [5.74, 6) is 0.758. The molecule has 3 aromatic rings. The van der Waals surface area contributed by atoms with E-state index < -0.39 is 10.0 Å². The Morgan fingerprint density at radius 3 is 2.57 bits per heavy atom. The molecule has 2 aliphatic rings. The zero-order chi connectivity index (χ0) is 24.6. The van der Waals surface area contributed by atoms with Crippen LogP contribution in [0.3, 0.4) is 0 Å². The van der Waals surface area contributed by atoms with Gasteiger partial charge in [0, 0.05) is 37.1 Å². The molecule has 0 spiro atoms. The number of piperidine rings is 1. The number of likely N-dealkylation sites (tertiary alicyclic amines) is 1. The van der Waals surface area contributed by atoms with Crippen molar-refractivity contribution in [2.75, 3.05) is 26.7 Å². The van der Waals surface area contributed by atoms with E-state index in [-0.39, 0.29) is 22.8 Å². The largest absolute Gasteiger partial charge is 0.497 e. The molecular weight excluding hydrogens is 462 g/mol. The number of para-hydroxylation sites is 1. The van der Waals surface area contributed by atoms with E-state index in [2.05, 4.69) is 4.98 Å². The summed E-state index contributed by atoms with van der Waals surface area (Å²) in [6.45, 7) is 3.34. The molecule has 2 fully saturated rings. The van der Waals surface area contributed by atoms with E-state index in [4.69, 9.17) is 4.74 Å². The van der Waals surface area contributed by atoms with E-state index in [1.807, 2.05) is 48.2 Å². The second-order valence-electron chi connectivity index (χ2n) is 9.49. The predicted molar refractivity (Wildman–Crippen MR) is 135 cm³/mol. The van der Waals surface area contributed by atoms with E-state index in [0.29, 0.717) is 31.4 Å². The van der Waals surface area contributed by atoms with Crippen LogP contribution in [0.1, 0.15) is 42.9 Å². The number of carbonyl (C=O) groups is 1. The minimum absolute atomic E-state index is 0.0459. The fourth-order valence-electron chi connectivity index (χ4n) is 5.39. The fraction of sp³-hybridized carbons (Fsp3) is 0.407. The number of fused-ring (bicyclic) bond motifs is 1. The van der Waals surface area contributed by atoms with Crippen LogP contribution in [0.2, 0.25) is 0 Å². The molecule has 0 radical (unpaired) electrons. The first-order chi connectivity index (χ1) is 16.9. The maximum atomic E-state index is 13.5. The highest BCUT2D eigenvalue weighted by Crippen LogP contribution is 2.36. The van der Waals surface area contributed by atoms with Gasteiger partial charge in [-0.3, -0.25) is 9.78 Å². The molecule has 0 aliphatic carbocycles. The van der Waals surface area contributed by atoms with Crippen LogP contribution in [-0.2, 0) is 14.8 Å². The summed E-state index contributed by atoms with van der Waals surface area (Å²) >= 11 is 0. The average molecular weight is 494 g/mol. The van der Waals surface area contributed by atoms with Crippen molar-refractivity contribution in [3.8, 4) is 5.75 Å². The topological polar surface area (TPSA) is 79.8 Å². The molecule has 1 amide bonds. The van der Waals surface area contributed by atoms with Crippen LogP contribution in [-0.4, -0.2) is 55.3 Å². The second kappa shape index (κ2) is 9.59. The second-order valence-corrected chi connectivity index (χ2v) is 11.4. The number of pyridine rings is 1. The molecule has 2 aromatic carbocycles. The van der Waals surface area contributed by atoms with Crippen molar-refractivity contribution < 1.29 is 17.9 Å². The van der Waals surface area contributed by atoms with Crippen LogP contribution < -0.4 is 4.74 Å². The van der Waals surface area contributed by atoms with Crippen molar-refractivity contribution in [3.05, 3.63) is 65.9 Å². The van der Waals surface area contributed by atoms with Gasteiger partial charge in [-0.15, -0.1) is 0 Å². The highest BCUT2D eigenvalue weighted by Gasteiger charge is 2.38. The van der Waals surface area contributed by atoms with E-state index in [0.717, 1.165) is 41.6 Å². The number of nitrogens with zero attached hydrogens (tertiary/aromatic N) is 3. The molecule has 35 heavy (non-hydrogen) atoms. The van der Waals surface area contributed by atoms with Crippen LogP contribution in [0.15, 0.2) is 59.6 Å². The van der Waals surface area contributed by atoms with Gasteiger partial charge in [0.15, 0.2) is 0 Å². The third kappa shape index (κ3) is 4.52. The van der Waals surface area contributed by atoms with Gasteiger partial charge in [0.2, 0.25) is 15.9 Å². The Balaban J connectivity index is 1.30. The lowest BCUT2D eigenvalue weighted by Crippen LogP contribution is -2.44. The molecule has 3 heterocycles. The van der Waals surface area contributed by atoms with Gasteiger partial charge in [-0.25, -0.2) is 8.42 Å². The maximum Gasteiger partial charge on any atom is 0.245 e. The lowest BCUT2D eigenvalue weighted by atomic mass is 9.95. The molecule has 2 aliphatic heterocycles. The highest BCUT2D eigenvalue weighted by atomic mass is 32.2. The first kappa shape index (κ1) is 23.8. The molecule has 0 N–H and O–H groups in total. The van der Waals surface area contributed by atoms with Gasteiger partial charge in [0.25, 0.3) is 0 Å². The highest BCUT2D eigenvalue weighted by molar-refractivity contribution is 7.89. The molecule has 0 unspecified atom stereocenters. The zero-order valence-electron chi connectivity index (χ0n) is 20.2. The van der Waals surface area contributed by atoms with Gasteiger partial charge in [-0.05, 0) is 68.0 Å². The van der Waals surface area contributed by atoms with E-state index in [9.17, 15) is 13.2 Å². The van der Waals surface area contributed by atoms with E-state index in [1.54, 1.807) is 25.4 Å². The van der Waals surface area contributed by atoms with Crippen LogP contribution in [0, 0.1) is 12.8 Å². The lowest BCUT2D eigenvalue weighted by molar-refractivity contribution is -0.137. The van der Waals surface area contributed by atoms with Gasteiger partial charge in [-0.2, -0.15) is 4.31 Å². The quantitative estimate of drug-likeness (QED) is 0.529. The van der Waals surface area contributed by atoms with Crippen molar-refractivity contribution in [3.63, 3.8) is 0 Å². The summed E-state index contributed by atoms with van der Waals surface area (Å²) in [6.07, 6.45) is 4.64. The van der Waals surface area contributed by atoms with Crippen LogP contribution in [0.25, 0.3) is 10.9 Å². The minimum Gasteiger partial charge on any atom is -0.497 e. The Labute approximate surface area is 206 Å². The van der Waals surface area contributed by atoms with Gasteiger partial charge in [0.1, 0.15) is 10.6 Å². The number of amides is 1. The van der Waals surface area contributed by atoms with Gasteiger partial charge in [0.05, 0.1) is 18.7 Å². The fourth-order valence-corrected chi connectivity index (χ4v) is 7.03. The number of hydrogen-bond donors (Lipinski definition) is 0. The normalized spacial score (nSPS) is 19.8. The molecule has 7 nitrogen and oxygen atoms in total. The van der Waals surface area contributed by atoms with Gasteiger partial charge < -0.3 is 9.64 Å². The molecule has 0 bridgehead atoms. The maximum absolute atomic E-state index is 13.5. The average Bonchev–Trinajstić information content (AvgIpc) is 3.38. The van der Waals surface area contributed by atoms with Crippen LogP contribution >= 0.6 is 0 Å². The van der Waals surface area contributed by atoms with Crippen molar-refractivity contribution in [2.24, 2.45) is 5.92 Å². The number of aryl methyl sites for hydroxylation is 1. The standard InChI is InChI=1S/C27H31N3O4S/c1-19-16-22-7-4-10-25(26(22)28-18-19)35(32,33)29-14-11-20(12-15-29)27(31)30-13-5-9-24(30)21-6-3-8-23(17-21)34-2/h3-4,6-8,10,16-18,20,24H,5,9,11-15H2,1-2H3/t24-/m1/s1. The molecule has 1 atom stereocenters. The monoisotopic (exact) mass is 493 g/mol. The molecule has 8 heteroatoms. The summed E-state index contributed by atoms with van der Waals surface area (Å²) in [6, 6.07) is 15.2. The van der Waals surface area contributed by atoms with Crippen LogP contribution in [0.4, 0.5) is 0 Å². The molecular formula is C27H31N3O4S. The Morgan fingerprint density at radius 2 is 1.80 bits per heavy atom. The molecule has 1 aromatic heterocycles. The van der Waals surface area contributed by atoms with Gasteiger partial charge >= 0.3 is 0 Å². The summed E-state index contributed by atoms with van der Waals surface area (Å²) in [5, 5.41) is 0.814. The number of sulfonamides is 1. The summed E-state index contributed by atoms with van der Waals surface area (Å²) < 4.78 is 33.9. The Hall–Kier alpha value is -2.97. The first-order valence-corrected chi connectivity index (χ1v) is 13.6. The minimum atomic E-state index is -3.70. The number of ether oxygens (including phenoxy) is 1. The van der Waals surface area contributed by atoms with Crippen molar-refractivity contribution in [1.82, 2.24) is 14.2 Å². The number of rotatable bonds is 5. The zero-order valence-corrected chi connectivity index (χ0v) is 21.0. The van der Waals surface area contributed by atoms with Gasteiger partial charge in [-0.1, -0.05) is 24.3 Å². The Bertz CT molecular complexity index is 1350. The molecule has 5 rings (SSSR count). The Morgan fingerprint density at radius 1 is 1.03 bits per heavy atom. The Kier molecular flexibility index (Phi) is 6.51. The van der Waals surface area contributed by atoms with Crippen LogP contribution in [0.5, 0.6) is 5.75 Å². The van der Waals surface area contributed by atoms with Crippen molar-refractivity contribution in [2.45, 2.75) is 43.5 Å². The van der Waals surface area contributed by atoms with Crippen molar-refractivity contribution in [1.29, 1.82) is 0 Å². The number of methoxy groups -OCH3 is 1. The smallest absolute Gasteiger partial charge is 0.245 e. The SMILES string of the molecule is COc1cccc([C@H]2CCCN2C(=O)C2CCN(S(=O)(=O)c3cccc4cc(C)cnc34)CC2)c1. The number of hydrogen-bond acceptors (Lipinski definition) is 5. The molecule has 0 saturated carbocycles. The van der Waals surface area contributed by atoms with E-state index in [1.165, 1.54) is 4.31 Å². The number of aromatic nitrogens is 1. The molecule has 2 saturated heterocycles. The first-order valence-electron chi connectivity index (χ1n) is 12.2. The summed E-state index contributed by atoms with van der Waals surface area (Å²) in [4.78, 5) is 20.1. The summed E-state index contributed by atoms with van der Waals surface area (Å²) in [5.41, 5.74) is 2.57. The predicted octanol–water partition coefficient (Wildman–Crippen LogP) is 4.32.